The molecule has 1 aromatic carbocycles. The molecule has 2 unspecified atom stereocenters. The molecule has 0 bridgehead atoms. The molecule has 1 fully saturated rings. The minimum Gasteiger partial charge on any atom is -0.306 e. The topological polar surface area (TPSA) is 15.3 Å². The first-order chi connectivity index (χ1) is 9.51. The molecule has 2 rings (SSSR count). The van der Waals surface area contributed by atoms with Crippen LogP contribution in [0.1, 0.15) is 43.9 Å². The lowest BCUT2D eigenvalue weighted by atomic mass is 10.0. The van der Waals surface area contributed by atoms with Crippen molar-refractivity contribution in [3.05, 3.63) is 34.9 Å². The van der Waals surface area contributed by atoms with Crippen LogP contribution < -0.4 is 5.32 Å². The highest BCUT2D eigenvalue weighted by molar-refractivity contribution is 5.27. The number of hydrogen-bond acceptors (Lipinski definition) is 2. The van der Waals surface area contributed by atoms with Gasteiger partial charge in [-0.15, -0.1) is 0 Å². The summed E-state index contributed by atoms with van der Waals surface area (Å²) in [5.74, 6) is -0.666. The second-order valence-electron chi connectivity index (χ2n) is 5.74. The Kier molecular flexibility index (Phi) is 5.11. The van der Waals surface area contributed by atoms with Gasteiger partial charge in [-0.3, -0.25) is 0 Å². The number of nitrogens with zero attached hydrogens (tertiary/aromatic N) is 1. The van der Waals surface area contributed by atoms with Gasteiger partial charge in [0.2, 0.25) is 0 Å². The Morgan fingerprint density at radius 2 is 2.10 bits per heavy atom. The Morgan fingerprint density at radius 1 is 1.35 bits per heavy atom. The second-order valence-corrected chi connectivity index (χ2v) is 5.74. The summed E-state index contributed by atoms with van der Waals surface area (Å²) >= 11 is 0. The molecule has 0 aromatic heterocycles. The molecule has 1 heterocycles. The molecule has 20 heavy (non-hydrogen) atoms. The molecule has 1 aliphatic heterocycles. The zero-order valence-electron chi connectivity index (χ0n) is 12.5. The first-order valence-electron chi connectivity index (χ1n) is 7.45. The number of halogens is 2. The summed E-state index contributed by atoms with van der Waals surface area (Å²) < 4.78 is 27.6. The van der Waals surface area contributed by atoms with E-state index in [9.17, 15) is 8.78 Å². The number of rotatable bonds is 4. The second kappa shape index (κ2) is 6.64. The number of hydrogen-bond donors (Lipinski definition) is 1. The predicted molar refractivity (Wildman–Crippen MR) is 77.8 cm³/mol. The molecule has 0 saturated carbocycles. The Labute approximate surface area is 120 Å². The third-order valence-electron chi connectivity index (χ3n) is 4.18. The third-order valence-corrected chi connectivity index (χ3v) is 4.18. The number of aryl methyl sites for hydroxylation is 1. The van der Waals surface area contributed by atoms with Crippen LogP contribution in [0.3, 0.4) is 0 Å². The van der Waals surface area contributed by atoms with Crippen molar-refractivity contribution in [1.82, 2.24) is 10.2 Å². The van der Waals surface area contributed by atoms with Crippen LogP contribution in [-0.4, -0.2) is 30.6 Å². The quantitative estimate of drug-likeness (QED) is 0.910. The van der Waals surface area contributed by atoms with Crippen LogP contribution in [0.15, 0.2) is 12.1 Å². The first-order valence-corrected chi connectivity index (χ1v) is 7.45. The van der Waals surface area contributed by atoms with Gasteiger partial charge in [0, 0.05) is 24.2 Å². The zero-order valence-corrected chi connectivity index (χ0v) is 12.5. The highest BCUT2D eigenvalue weighted by atomic mass is 19.1. The van der Waals surface area contributed by atoms with Crippen LogP contribution in [0.5, 0.6) is 0 Å². The van der Waals surface area contributed by atoms with Crippen molar-refractivity contribution in [3.8, 4) is 0 Å². The number of piperidine rings is 1. The number of benzene rings is 1. The van der Waals surface area contributed by atoms with Crippen LogP contribution >= 0.6 is 0 Å². The molecule has 0 spiro atoms. The van der Waals surface area contributed by atoms with Gasteiger partial charge in [0.1, 0.15) is 11.6 Å². The Hall–Kier alpha value is -1.00. The molecule has 2 nitrogen and oxygen atoms in total. The van der Waals surface area contributed by atoms with Gasteiger partial charge in [-0.05, 0) is 57.5 Å². The van der Waals surface area contributed by atoms with Gasteiger partial charge in [0.15, 0.2) is 0 Å². The van der Waals surface area contributed by atoms with E-state index in [1.54, 1.807) is 6.92 Å². The zero-order chi connectivity index (χ0) is 14.7. The fourth-order valence-electron chi connectivity index (χ4n) is 2.92. The predicted octanol–water partition coefficient (Wildman–Crippen LogP) is 3.41. The lowest BCUT2D eigenvalue weighted by Crippen LogP contribution is -2.46. The average Bonchev–Trinajstić information content (AvgIpc) is 2.43. The minimum absolute atomic E-state index is 0.174. The van der Waals surface area contributed by atoms with Crippen LogP contribution in [0.2, 0.25) is 0 Å². The van der Waals surface area contributed by atoms with Crippen molar-refractivity contribution in [2.45, 2.75) is 45.7 Å². The molecule has 1 aliphatic rings. The lowest BCUT2D eigenvalue weighted by Gasteiger charge is -2.34. The van der Waals surface area contributed by atoms with E-state index in [-0.39, 0.29) is 17.7 Å². The molecule has 0 radical (unpaired) electrons. The van der Waals surface area contributed by atoms with E-state index in [2.05, 4.69) is 17.1 Å². The summed E-state index contributed by atoms with van der Waals surface area (Å²) in [6, 6.07) is 2.78. The Bertz CT molecular complexity index is 462. The van der Waals surface area contributed by atoms with Crippen molar-refractivity contribution in [2.24, 2.45) is 0 Å². The van der Waals surface area contributed by atoms with E-state index in [4.69, 9.17) is 0 Å². The van der Waals surface area contributed by atoms with Crippen LogP contribution in [-0.2, 0) is 0 Å². The maximum atomic E-state index is 14.0. The Morgan fingerprint density at radius 3 is 2.80 bits per heavy atom. The third kappa shape index (κ3) is 3.55. The van der Waals surface area contributed by atoms with Gasteiger partial charge >= 0.3 is 0 Å². The normalized spacial score (nSPS) is 21.9. The maximum absolute atomic E-state index is 14.0. The molecule has 1 aromatic rings. The molecule has 2 atom stereocenters. The summed E-state index contributed by atoms with van der Waals surface area (Å²) in [7, 11) is 0. The van der Waals surface area contributed by atoms with Crippen LogP contribution in [0.25, 0.3) is 0 Å². The van der Waals surface area contributed by atoms with Gasteiger partial charge in [-0.1, -0.05) is 6.92 Å². The summed E-state index contributed by atoms with van der Waals surface area (Å²) in [6.07, 6.45) is 2.25. The molecule has 4 heteroatoms. The van der Waals surface area contributed by atoms with Gasteiger partial charge < -0.3 is 10.2 Å². The number of likely N-dealkylation sites (tertiary alicyclic amines) is 1. The Balaban J connectivity index is 2.04. The average molecular weight is 282 g/mol. The summed E-state index contributed by atoms with van der Waals surface area (Å²) in [5, 5.41) is 3.44. The molecule has 0 amide bonds. The fourth-order valence-corrected chi connectivity index (χ4v) is 2.92. The maximum Gasteiger partial charge on any atom is 0.128 e. The van der Waals surface area contributed by atoms with E-state index in [1.165, 1.54) is 12.1 Å². The molecule has 0 aliphatic carbocycles. The van der Waals surface area contributed by atoms with Gasteiger partial charge in [-0.25, -0.2) is 8.78 Å². The summed E-state index contributed by atoms with van der Waals surface area (Å²) in [6.45, 7) is 8.80. The van der Waals surface area contributed by atoms with E-state index in [1.807, 2.05) is 6.92 Å². The van der Waals surface area contributed by atoms with Gasteiger partial charge in [-0.2, -0.15) is 0 Å². The van der Waals surface area contributed by atoms with E-state index >= 15 is 0 Å². The van der Waals surface area contributed by atoms with Crippen molar-refractivity contribution in [1.29, 1.82) is 0 Å². The lowest BCUT2D eigenvalue weighted by molar-refractivity contribution is 0.191. The van der Waals surface area contributed by atoms with Crippen LogP contribution in [0.4, 0.5) is 8.78 Å². The SMILES string of the molecule is CCN1CCCC(NC(C)c2cc(F)c(C)cc2F)C1. The van der Waals surface area contributed by atoms with E-state index < -0.39 is 0 Å². The highest BCUT2D eigenvalue weighted by Gasteiger charge is 2.22. The van der Waals surface area contributed by atoms with Crippen molar-refractivity contribution in [2.75, 3.05) is 19.6 Å². The molecule has 112 valence electrons. The standard InChI is InChI=1S/C16H24F2N2/c1-4-20-7-5-6-13(10-20)19-12(3)14-9-15(17)11(2)8-16(14)18/h8-9,12-13,19H,4-7,10H2,1-3H3. The van der Waals surface area contributed by atoms with Gasteiger partial charge in [0.05, 0.1) is 0 Å². The highest BCUT2D eigenvalue weighted by Crippen LogP contribution is 2.22. The molecular formula is C16H24F2N2. The molecule has 1 N–H and O–H groups in total. The smallest absolute Gasteiger partial charge is 0.128 e. The first kappa shape index (κ1) is 15.4. The van der Waals surface area contributed by atoms with Crippen molar-refractivity contribution >= 4 is 0 Å². The monoisotopic (exact) mass is 282 g/mol. The van der Waals surface area contributed by atoms with Gasteiger partial charge in [0.25, 0.3) is 0 Å². The van der Waals surface area contributed by atoms with Crippen LogP contribution in [0, 0.1) is 18.6 Å². The number of nitrogens with one attached hydrogen (secondary N) is 1. The minimum atomic E-state index is -0.339. The fraction of sp³-hybridized carbons (Fsp3) is 0.625. The van der Waals surface area contributed by atoms with E-state index in [0.717, 1.165) is 32.5 Å². The molecular weight excluding hydrogens is 258 g/mol. The summed E-state index contributed by atoms with van der Waals surface area (Å²) in [4.78, 5) is 2.39. The largest absolute Gasteiger partial charge is 0.306 e. The van der Waals surface area contributed by atoms with E-state index in [0.29, 0.717) is 17.2 Å². The van der Waals surface area contributed by atoms with Crippen molar-refractivity contribution < 1.29 is 8.78 Å². The van der Waals surface area contributed by atoms with Crippen molar-refractivity contribution in [3.63, 3.8) is 0 Å². The molecule has 1 saturated heterocycles. The number of likely N-dealkylation sites (N-methyl/N-ethyl adjacent to an activating group) is 1. The summed E-state index contributed by atoms with van der Waals surface area (Å²) in [5.41, 5.74) is 0.773.